The molecule has 0 aliphatic heterocycles. The van der Waals surface area contributed by atoms with Crippen LogP contribution in [-0.4, -0.2) is 33.2 Å². The normalized spacial score (nSPS) is 13.7. The number of carbonyl (C=O) groups is 2. The molecule has 32 heavy (non-hydrogen) atoms. The summed E-state index contributed by atoms with van der Waals surface area (Å²) in [5.74, 6) is -0.674. The average Bonchev–Trinajstić information content (AvgIpc) is 3.54. The molecule has 0 atom stereocenters. The maximum atomic E-state index is 12.6. The molecule has 8 heteroatoms. The summed E-state index contributed by atoms with van der Waals surface area (Å²) in [5, 5.41) is 19.2. The summed E-state index contributed by atoms with van der Waals surface area (Å²) < 4.78 is 7.23. The van der Waals surface area contributed by atoms with Gasteiger partial charge in [-0.3, -0.25) is 9.89 Å². The monoisotopic (exact) mass is 431 g/mol. The Labute approximate surface area is 186 Å². The molecule has 1 aliphatic carbocycles. The van der Waals surface area contributed by atoms with Gasteiger partial charge in [0.2, 0.25) is 0 Å². The third-order valence-corrected chi connectivity index (χ3v) is 6.02. The molecule has 0 spiro atoms. The maximum absolute atomic E-state index is 12.6. The SMILES string of the molecule is Cc1c(C#N)c(NC(=O)COC(=O)c2cc(-c3ccccc3)n[nH]2)n(C2CCCC2)c1C. The van der Waals surface area contributed by atoms with E-state index in [9.17, 15) is 14.9 Å². The first-order chi connectivity index (χ1) is 15.5. The number of rotatable bonds is 6. The molecule has 8 nitrogen and oxygen atoms in total. The second kappa shape index (κ2) is 9.10. The van der Waals surface area contributed by atoms with Gasteiger partial charge in [0.1, 0.15) is 17.6 Å². The number of amides is 1. The van der Waals surface area contributed by atoms with E-state index in [1.165, 1.54) is 0 Å². The molecule has 3 aromatic rings. The largest absolute Gasteiger partial charge is 0.451 e. The lowest BCUT2D eigenvalue weighted by Crippen LogP contribution is -2.24. The van der Waals surface area contributed by atoms with Crippen LogP contribution < -0.4 is 5.32 Å². The van der Waals surface area contributed by atoms with Crippen LogP contribution in [0.4, 0.5) is 5.82 Å². The van der Waals surface area contributed by atoms with Crippen LogP contribution in [-0.2, 0) is 9.53 Å². The van der Waals surface area contributed by atoms with E-state index in [-0.39, 0.29) is 11.7 Å². The predicted molar refractivity (Wildman–Crippen MR) is 119 cm³/mol. The molecule has 2 aromatic heterocycles. The summed E-state index contributed by atoms with van der Waals surface area (Å²) in [6.45, 7) is 3.39. The fourth-order valence-electron chi connectivity index (χ4n) is 4.27. The van der Waals surface area contributed by atoms with Crippen molar-refractivity contribution in [3.63, 3.8) is 0 Å². The minimum Gasteiger partial charge on any atom is -0.451 e. The van der Waals surface area contributed by atoms with Crippen LogP contribution in [0, 0.1) is 25.2 Å². The Hall–Kier alpha value is -3.86. The predicted octanol–water partition coefficient (Wildman–Crippen LogP) is 4.28. The fourth-order valence-corrected chi connectivity index (χ4v) is 4.27. The van der Waals surface area contributed by atoms with Crippen molar-refractivity contribution in [2.75, 3.05) is 11.9 Å². The first kappa shape index (κ1) is 21.4. The molecule has 0 unspecified atom stereocenters. The van der Waals surface area contributed by atoms with Gasteiger partial charge in [-0.25, -0.2) is 4.79 Å². The van der Waals surface area contributed by atoms with Gasteiger partial charge in [-0.2, -0.15) is 10.4 Å². The van der Waals surface area contributed by atoms with Crippen molar-refractivity contribution >= 4 is 17.7 Å². The third-order valence-electron chi connectivity index (χ3n) is 6.02. The summed E-state index contributed by atoms with van der Waals surface area (Å²) >= 11 is 0. The minimum absolute atomic E-state index is 0.162. The number of esters is 1. The van der Waals surface area contributed by atoms with Crippen LogP contribution >= 0.6 is 0 Å². The zero-order chi connectivity index (χ0) is 22.7. The second-order valence-electron chi connectivity index (χ2n) is 8.01. The molecule has 1 amide bonds. The number of benzene rings is 1. The van der Waals surface area contributed by atoms with Gasteiger partial charge in [0, 0.05) is 17.3 Å². The quantitative estimate of drug-likeness (QED) is 0.566. The fraction of sp³-hybridized carbons (Fsp3) is 0.333. The highest BCUT2D eigenvalue weighted by Crippen LogP contribution is 2.37. The van der Waals surface area contributed by atoms with Gasteiger partial charge in [0.05, 0.1) is 11.3 Å². The summed E-state index contributed by atoms with van der Waals surface area (Å²) in [5.41, 5.74) is 3.93. The molecule has 0 saturated heterocycles. The summed E-state index contributed by atoms with van der Waals surface area (Å²) in [4.78, 5) is 25.0. The van der Waals surface area contributed by atoms with E-state index >= 15 is 0 Å². The first-order valence-electron chi connectivity index (χ1n) is 10.7. The number of ether oxygens (including phenoxy) is 1. The van der Waals surface area contributed by atoms with Crippen LogP contribution in [0.2, 0.25) is 0 Å². The summed E-state index contributed by atoms with van der Waals surface area (Å²) in [6.07, 6.45) is 4.29. The van der Waals surface area contributed by atoms with E-state index in [4.69, 9.17) is 4.74 Å². The van der Waals surface area contributed by atoms with E-state index in [1.807, 2.05) is 44.2 Å². The van der Waals surface area contributed by atoms with Crippen LogP contribution in [0.15, 0.2) is 36.4 Å². The molecule has 4 rings (SSSR count). The van der Waals surface area contributed by atoms with Gasteiger partial charge in [0.15, 0.2) is 6.61 Å². The number of nitrogens with one attached hydrogen (secondary N) is 2. The topological polar surface area (TPSA) is 113 Å². The Kier molecular flexibility index (Phi) is 6.08. The summed E-state index contributed by atoms with van der Waals surface area (Å²) in [7, 11) is 0. The Morgan fingerprint density at radius 2 is 1.97 bits per heavy atom. The molecule has 1 saturated carbocycles. The number of nitrogens with zero attached hydrogens (tertiary/aromatic N) is 3. The standard InChI is InChI=1S/C24H25N5O3/c1-15-16(2)29(18-10-6-7-11-18)23(19(15)13-25)26-22(30)14-32-24(31)21-12-20(27-28-21)17-8-4-3-5-9-17/h3-5,8-9,12,18H,6-7,10-11,14H2,1-2H3,(H,26,30)(H,27,28). The van der Waals surface area contributed by atoms with Crippen molar-refractivity contribution in [2.45, 2.75) is 45.6 Å². The minimum atomic E-state index is -0.672. The molecule has 2 N–H and O–H groups in total. The van der Waals surface area contributed by atoms with E-state index in [1.54, 1.807) is 6.07 Å². The van der Waals surface area contributed by atoms with Gasteiger partial charge >= 0.3 is 5.97 Å². The Bertz CT molecular complexity index is 1180. The molecule has 1 fully saturated rings. The molecular formula is C24H25N5O3. The van der Waals surface area contributed by atoms with Crippen LogP contribution in [0.25, 0.3) is 11.3 Å². The molecule has 164 valence electrons. The highest BCUT2D eigenvalue weighted by Gasteiger charge is 2.27. The van der Waals surface area contributed by atoms with Crippen molar-refractivity contribution in [1.29, 1.82) is 5.26 Å². The van der Waals surface area contributed by atoms with Crippen molar-refractivity contribution < 1.29 is 14.3 Å². The Morgan fingerprint density at radius 1 is 1.25 bits per heavy atom. The van der Waals surface area contributed by atoms with E-state index < -0.39 is 18.5 Å². The number of carbonyl (C=O) groups excluding carboxylic acids is 2. The van der Waals surface area contributed by atoms with Crippen molar-refractivity contribution in [3.05, 3.63) is 58.9 Å². The number of nitriles is 1. The third kappa shape index (κ3) is 4.14. The number of anilines is 1. The van der Waals surface area contributed by atoms with Crippen LogP contribution in [0.3, 0.4) is 0 Å². The number of aromatic nitrogens is 3. The lowest BCUT2D eigenvalue weighted by Gasteiger charge is -2.19. The Morgan fingerprint density at radius 3 is 2.66 bits per heavy atom. The Balaban J connectivity index is 1.44. The average molecular weight is 431 g/mol. The molecular weight excluding hydrogens is 406 g/mol. The van der Waals surface area contributed by atoms with Crippen LogP contribution in [0.1, 0.15) is 59.0 Å². The van der Waals surface area contributed by atoms with Gasteiger partial charge in [-0.1, -0.05) is 43.2 Å². The van der Waals surface area contributed by atoms with Crippen molar-refractivity contribution in [1.82, 2.24) is 14.8 Å². The highest BCUT2D eigenvalue weighted by atomic mass is 16.5. The highest BCUT2D eigenvalue weighted by molar-refractivity contribution is 5.95. The first-order valence-corrected chi connectivity index (χ1v) is 10.7. The smallest absolute Gasteiger partial charge is 0.356 e. The van der Waals surface area contributed by atoms with Crippen molar-refractivity contribution in [2.24, 2.45) is 0 Å². The number of H-pyrrole nitrogens is 1. The summed E-state index contributed by atoms with van der Waals surface area (Å²) in [6, 6.07) is 13.5. The molecule has 0 bridgehead atoms. The molecule has 1 aromatic carbocycles. The van der Waals surface area contributed by atoms with Gasteiger partial charge in [-0.05, 0) is 38.3 Å². The van der Waals surface area contributed by atoms with Gasteiger partial charge in [0.25, 0.3) is 5.91 Å². The molecule has 0 radical (unpaired) electrons. The van der Waals surface area contributed by atoms with Gasteiger partial charge in [-0.15, -0.1) is 0 Å². The zero-order valence-corrected chi connectivity index (χ0v) is 18.1. The van der Waals surface area contributed by atoms with Crippen molar-refractivity contribution in [3.8, 4) is 17.3 Å². The van der Waals surface area contributed by atoms with Gasteiger partial charge < -0.3 is 14.6 Å². The second-order valence-corrected chi connectivity index (χ2v) is 8.01. The van der Waals surface area contributed by atoms with E-state index in [2.05, 4.69) is 26.2 Å². The number of aromatic amines is 1. The lowest BCUT2D eigenvalue weighted by molar-refractivity contribution is -0.119. The van der Waals surface area contributed by atoms with E-state index in [0.29, 0.717) is 17.1 Å². The van der Waals surface area contributed by atoms with E-state index in [0.717, 1.165) is 42.5 Å². The maximum Gasteiger partial charge on any atom is 0.356 e. The lowest BCUT2D eigenvalue weighted by atomic mass is 10.1. The molecule has 2 heterocycles. The zero-order valence-electron chi connectivity index (χ0n) is 18.1. The molecule has 1 aliphatic rings. The number of hydrogen-bond acceptors (Lipinski definition) is 5. The number of hydrogen-bond donors (Lipinski definition) is 2. The van der Waals surface area contributed by atoms with Crippen LogP contribution in [0.5, 0.6) is 0 Å².